The second-order valence-electron chi connectivity index (χ2n) is 12.1. The molecular formula is C35H42FNO3. The van der Waals surface area contributed by atoms with Crippen LogP contribution < -0.4 is 4.90 Å². The molecule has 2 aliphatic carbocycles. The average Bonchev–Trinajstić information content (AvgIpc) is 3.53. The minimum Gasteiger partial charge on any atom is -0.508 e. The molecule has 40 heavy (non-hydrogen) atoms. The van der Waals surface area contributed by atoms with Crippen molar-refractivity contribution >= 4 is 5.69 Å². The fourth-order valence-electron chi connectivity index (χ4n) is 7.87. The van der Waals surface area contributed by atoms with Gasteiger partial charge in [-0.3, -0.25) is 0 Å². The van der Waals surface area contributed by atoms with E-state index in [1.165, 1.54) is 48.8 Å². The largest absolute Gasteiger partial charge is 0.508 e. The molecule has 212 valence electrons. The van der Waals surface area contributed by atoms with Crippen molar-refractivity contribution in [2.24, 2.45) is 17.8 Å². The third-order valence-corrected chi connectivity index (χ3v) is 9.92. The van der Waals surface area contributed by atoms with E-state index in [4.69, 9.17) is 9.47 Å². The molecule has 0 radical (unpaired) electrons. The van der Waals surface area contributed by atoms with E-state index >= 15 is 4.39 Å². The van der Waals surface area contributed by atoms with Gasteiger partial charge in [0.25, 0.3) is 0 Å². The van der Waals surface area contributed by atoms with E-state index in [1.54, 1.807) is 20.3 Å². The molecule has 0 bridgehead atoms. The van der Waals surface area contributed by atoms with Crippen LogP contribution in [0.4, 0.5) is 10.1 Å². The van der Waals surface area contributed by atoms with Gasteiger partial charge in [0.05, 0.1) is 5.69 Å². The van der Waals surface area contributed by atoms with Crippen LogP contribution in [-0.4, -0.2) is 38.7 Å². The summed E-state index contributed by atoms with van der Waals surface area (Å²) in [5, 5.41) is 10.1. The van der Waals surface area contributed by atoms with E-state index in [-0.39, 0.29) is 12.1 Å². The van der Waals surface area contributed by atoms with Crippen molar-refractivity contribution in [2.75, 3.05) is 32.2 Å². The fourth-order valence-corrected chi connectivity index (χ4v) is 7.87. The highest BCUT2D eigenvalue weighted by molar-refractivity contribution is 5.67. The molecular weight excluding hydrogens is 501 g/mol. The normalized spacial score (nSPS) is 22.1. The first-order chi connectivity index (χ1) is 19.6. The molecule has 3 aromatic carbocycles. The lowest BCUT2D eigenvalue weighted by Crippen LogP contribution is -2.39. The second-order valence-corrected chi connectivity index (χ2v) is 12.1. The summed E-state index contributed by atoms with van der Waals surface area (Å²) in [6.07, 6.45) is 9.20. The van der Waals surface area contributed by atoms with Gasteiger partial charge in [0.15, 0.2) is 6.29 Å². The van der Waals surface area contributed by atoms with E-state index in [0.717, 1.165) is 49.4 Å². The van der Waals surface area contributed by atoms with Gasteiger partial charge >= 0.3 is 0 Å². The Morgan fingerprint density at radius 3 is 2.20 bits per heavy atom. The van der Waals surface area contributed by atoms with Crippen LogP contribution in [0.5, 0.6) is 5.75 Å². The number of ether oxygens (including phenoxy) is 2. The summed E-state index contributed by atoms with van der Waals surface area (Å²) in [5.74, 6) is 2.28. The molecule has 0 amide bonds. The highest BCUT2D eigenvalue weighted by atomic mass is 19.1. The molecule has 1 N–H and O–H groups in total. The van der Waals surface area contributed by atoms with Gasteiger partial charge in [-0.15, -0.1) is 0 Å². The Kier molecular flexibility index (Phi) is 8.13. The zero-order valence-corrected chi connectivity index (χ0v) is 23.8. The number of benzene rings is 3. The topological polar surface area (TPSA) is 41.9 Å². The summed E-state index contributed by atoms with van der Waals surface area (Å²) < 4.78 is 26.3. The predicted molar refractivity (Wildman–Crippen MR) is 158 cm³/mol. The Hall–Kier alpha value is -2.89. The zero-order valence-electron chi connectivity index (χ0n) is 23.8. The van der Waals surface area contributed by atoms with Crippen LogP contribution in [0, 0.1) is 23.6 Å². The van der Waals surface area contributed by atoms with Crippen LogP contribution in [-0.2, 0) is 15.9 Å². The molecule has 4 nitrogen and oxygen atoms in total. The Bertz CT molecular complexity index is 1290. The number of phenolic OH excluding ortho intramolecular Hbond substituents is 1. The minimum atomic E-state index is -0.194. The van der Waals surface area contributed by atoms with Crippen LogP contribution in [0.2, 0.25) is 0 Å². The molecule has 2 atom stereocenters. The summed E-state index contributed by atoms with van der Waals surface area (Å²) in [6, 6.07) is 20.4. The Balaban J connectivity index is 1.21. The molecule has 2 fully saturated rings. The van der Waals surface area contributed by atoms with Crippen molar-refractivity contribution in [3.8, 4) is 16.9 Å². The highest BCUT2D eigenvalue weighted by Crippen LogP contribution is 2.49. The maximum atomic E-state index is 15.4. The number of methoxy groups -OCH3 is 2. The number of anilines is 1. The Morgan fingerprint density at radius 1 is 0.825 bits per heavy atom. The van der Waals surface area contributed by atoms with E-state index in [2.05, 4.69) is 35.2 Å². The van der Waals surface area contributed by atoms with Crippen LogP contribution in [0.3, 0.4) is 0 Å². The molecule has 3 aromatic rings. The molecule has 1 saturated heterocycles. The molecule has 0 aromatic heterocycles. The molecule has 0 spiro atoms. The van der Waals surface area contributed by atoms with Crippen molar-refractivity contribution in [3.05, 3.63) is 83.2 Å². The SMILES string of the molecule is COC(OC)C1CCN(c2ccc(-c3ccc([C@@H]4c5ccc(O)cc5CC[C@@H]4C4CCCC4)cc3)cc2F)CC1. The van der Waals surface area contributed by atoms with Crippen molar-refractivity contribution in [1.82, 2.24) is 0 Å². The molecule has 6 rings (SSSR count). The fraction of sp³-hybridized carbons (Fsp3) is 0.486. The number of hydrogen-bond donors (Lipinski definition) is 1. The van der Waals surface area contributed by atoms with Gasteiger partial charge in [-0.1, -0.05) is 62.1 Å². The monoisotopic (exact) mass is 543 g/mol. The first-order valence-corrected chi connectivity index (χ1v) is 15.1. The number of halogens is 1. The van der Waals surface area contributed by atoms with E-state index in [0.29, 0.717) is 29.2 Å². The minimum absolute atomic E-state index is 0.169. The molecule has 5 heteroatoms. The number of nitrogens with zero attached hydrogens (tertiary/aromatic N) is 1. The number of rotatable bonds is 7. The van der Waals surface area contributed by atoms with Crippen LogP contribution >= 0.6 is 0 Å². The van der Waals surface area contributed by atoms with Crippen molar-refractivity contribution < 1.29 is 19.0 Å². The van der Waals surface area contributed by atoms with Gasteiger partial charge in [0.1, 0.15) is 11.6 Å². The maximum absolute atomic E-state index is 15.4. The second kappa shape index (κ2) is 11.9. The average molecular weight is 544 g/mol. The van der Waals surface area contributed by atoms with Crippen molar-refractivity contribution in [3.63, 3.8) is 0 Å². The molecule has 1 heterocycles. The van der Waals surface area contributed by atoms with Crippen LogP contribution in [0.25, 0.3) is 11.1 Å². The summed E-state index contributed by atoms with van der Waals surface area (Å²) in [5.41, 5.74) is 6.60. The smallest absolute Gasteiger partial charge is 0.159 e. The first kappa shape index (κ1) is 27.3. The third-order valence-electron chi connectivity index (χ3n) is 9.92. The summed E-state index contributed by atoms with van der Waals surface area (Å²) in [6.45, 7) is 1.59. The summed E-state index contributed by atoms with van der Waals surface area (Å²) >= 11 is 0. The van der Waals surface area contributed by atoms with Crippen LogP contribution in [0.15, 0.2) is 60.7 Å². The molecule has 0 unspecified atom stereocenters. The van der Waals surface area contributed by atoms with Crippen molar-refractivity contribution in [1.29, 1.82) is 0 Å². The highest BCUT2D eigenvalue weighted by Gasteiger charge is 2.37. The van der Waals surface area contributed by atoms with Gasteiger partial charge in [0.2, 0.25) is 0 Å². The molecule has 3 aliphatic rings. The van der Waals surface area contributed by atoms with Gasteiger partial charge < -0.3 is 19.5 Å². The van der Waals surface area contributed by atoms with Crippen LogP contribution in [0.1, 0.15) is 67.6 Å². The third kappa shape index (κ3) is 5.38. The Labute approximate surface area is 238 Å². The van der Waals surface area contributed by atoms with Gasteiger partial charge in [-0.05, 0) is 89.6 Å². The lowest BCUT2D eigenvalue weighted by atomic mass is 9.66. The lowest BCUT2D eigenvalue weighted by molar-refractivity contribution is -0.141. The predicted octanol–water partition coefficient (Wildman–Crippen LogP) is 7.92. The quantitative estimate of drug-likeness (QED) is 0.307. The standard InChI is InChI=1S/C35H42FNO3/c1-39-35(40-2)26-17-19-37(20-18-26)33-16-12-27(22-32(33)36)23-7-9-25(10-8-23)34-30(24-5-3-4-6-24)14-11-28-21-29(38)13-15-31(28)34/h7-10,12-13,15-16,21-22,24,26,30,34-35,38H,3-6,11,14,17-20H2,1-2H3/t30-,34+/m1/s1. The number of hydrogen-bond acceptors (Lipinski definition) is 4. The van der Waals surface area contributed by atoms with Gasteiger partial charge in [0, 0.05) is 39.1 Å². The number of aromatic hydroxyl groups is 1. The lowest BCUT2D eigenvalue weighted by Gasteiger charge is -2.38. The summed E-state index contributed by atoms with van der Waals surface area (Å²) in [7, 11) is 3.36. The molecule has 1 saturated carbocycles. The maximum Gasteiger partial charge on any atom is 0.159 e. The first-order valence-electron chi connectivity index (χ1n) is 15.1. The van der Waals surface area contributed by atoms with Gasteiger partial charge in [-0.25, -0.2) is 4.39 Å². The van der Waals surface area contributed by atoms with Crippen molar-refractivity contribution in [2.45, 2.75) is 63.6 Å². The van der Waals surface area contributed by atoms with Gasteiger partial charge in [-0.2, -0.15) is 0 Å². The molecule has 1 aliphatic heterocycles. The number of fused-ring (bicyclic) bond motifs is 1. The number of phenols is 1. The van der Waals surface area contributed by atoms with E-state index in [1.807, 2.05) is 24.3 Å². The Morgan fingerprint density at radius 2 is 1.52 bits per heavy atom. The van der Waals surface area contributed by atoms with E-state index < -0.39 is 0 Å². The van der Waals surface area contributed by atoms with E-state index in [9.17, 15) is 5.11 Å². The zero-order chi connectivity index (χ0) is 27.6. The number of aryl methyl sites for hydroxylation is 1. The number of piperidine rings is 1. The summed E-state index contributed by atoms with van der Waals surface area (Å²) in [4.78, 5) is 2.14.